The van der Waals surface area contributed by atoms with Gasteiger partial charge in [0.05, 0.1) is 4.53 Å². The number of thioether (sulfide) groups is 1. The molecule has 1 saturated heterocycles. The van der Waals surface area contributed by atoms with Gasteiger partial charge in [0.15, 0.2) is 6.73 Å². The van der Waals surface area contributed by atoms with Crippen molar-refractivity contribution in [3.8, 4) is 0 Å². The molecule has 3 aliphatic rings. The van der Waals surface area contributed by atoms with E-state index in [-0.39, 0.29) is 18.2 Å². The van der Waals surface area contributed by atoms with Gasteiger partial charge >= 0.3 is 0 Å². The number of carbonyl (C=O) groups excluding carboxylic acids is 2. The number of aromatic nitrogens is 1. The minimum absolute atomic E-state index is 0.237. The van der Waals surface area contributed by atoms with Crippen molar-refractivity contribution in [1.82, 2.24) is 9.47 Å². The Hall–Kier alpha value is -3.41. The van der Waals surface area contributed by atoms with Crippen LogP contribution in [0.25, 0.3) is 11.0 Å². The van der Waals surface area contributed by atoms with E-state index < -0.39 is 0 Å². The summed E-state index contributed by atoms with van der Waals surface area (Å²) >= 11 is 7.77. The van der Waals surface area contributed by atoms with Crippen LogP contribution in [0, 0.1) is 0 Å². The standard InChI is InChI=1S/C30H30N4O4S3/c1-4-32-28(37)26(41-30(32)39)29-33(16-38-17-35)27(36)25(40-29)15-18-8-13-24-22(14-18)21-6-5-7-23(21)34(24)20-11-9-19(10-12-20)31(2)3/h8-15,17,21,23H,4-7,16H2,1-3H3/b25-15+,29-26-. The van der Waals surface area contributed by atoms with Crippen LogP contribution >= 0.6 is 35.3 Å². The van der Waals surface area contributed by atoms with E-state index in [1.165, 1.54) is 61.6 Å². The van der Waals surface area contributed by atoms with E-state index in [0.717, 1.165) is 18.4 Å². The Kier molecular flexibility index (Phi) is 7.52. The van der Waals surface area contributed by atoms with Crippen LogP contribution in [0.4, 0.5) is 17.1 Å². The first kappa shape index (κ1) is 27.7. The molecule has 8 nitrogen and oxygen atoms in total. The van der Waals surface area contributed by atoms with E-state index in [1.54, 1.807) is 0 Å². The van der Waals surface area contributed by atoms with Crippen molar-refractivity contribution in [2.75, 3.05) is 30.4 Å². The molecule has 1 aromatic heterocycles. The number of thiocarbonyl (C=S) groups is 1. The molecular weight excluding hydrogens is 577 g/mol. The van der Waals surface area contributed by atoms with Gasteiger partial charge in [0.1, 0.15) is 13.9 Å². The van der Waals surface area contributed by atoms with Gasteiger partial charge in [0, 0.05) is 49.7 Å². The van der Waals surface area contributed by atoms with Gasteiger partial charge in [-0.3, -0.25) is 23.9 Å². The zero-order chi connectivity index (χ0) is 28.8. The van der Waals surface area contributed by atoms with Crippen molar-refractivity contribution < 1.29 is 14.3 Å². The van der Waals surface area contributed by atoms with Gasteiger partial charge in [0.25, 0.3) is 17.9 Å². The summed E-state index contributed by atoms with van der Waals surface area (Å²) in [7, 11) is 4.09. The second-order valence-corrected chi connectivity index (χ2v) is 13.2. The van der Waals surface area contributed by atoms with Crippen LogP contribution in [0.15, 0.2) is 47.3 Å². The van der Waals surface area contributed by atoms with Crippen LogP contribution in [0.3, 0.4) is 0 Å². The van der Waals surface area contributed by atoms with Crippen LogP contribution in [0.2, 0.25) is 0 Å². The number of hydrogen-bond donors (Lipinski definition) is 0. The predicted molar refractivity (Wildman–Crippen MR) is 169 cm³/mol. The molecule has 0 bridgehead atoms. The van der Waals surface area contributed by atoms with Gasteiger partial charge in [-0.15, -0.1) is 11.3 Å². The Labute approximate surface area is 251 Å². The predicted octanol–water partition coefficient (Wildman–Crippen LogP) is 3.71. The Morgan fingerprint density at radius 2 is 1.90 bits per heavy atom. The van der Waals surface area contributed by atoms with E-state index in [9.17, 15) is 14.4 Å². The molecule has 2 aromatic carbocycles. The Morgan fingerprint density at radius 3 is 2.59 bits per heavy atom. The lowest BCUT2D eigenvalue weighted by Crippen LogP contribution is -2.34. The molecule has 6 rings (SSSR count). The summed E-state index contributed by atoms with van der Waals surface area (Å²) in [4.78, 5) is 43.9. The van der Waals surface area contributed by atoms with Gasteiger partial charge < -0.3 is 14.5 Å². The highest BCUT2D eigenvalue weighted by Gasteiger charge is 2.42. The number of carbonyl (C=O) groups is 2. The molecule has 11 heteroatoms. The van der Waals surface area contributed by atoms with E-state index in [4.69, 9.17) is 17.0 Å². The van der Waals surface area contributed by atoms with Crippen molar-refractivity contribution in [3.63, 3.8) is 0 Å². The Morgan fingerprint density at radius 1 is 1.12 bits per heavy atom. The molecule has 2 atom stereocenters. The lowest BCUT2D eigenvalue weighted by Gasteiger charge is -2.27. The van der Waals surface area contributed by atoms with Gasteiger partial charge in [-0.2, -0.15) is 0 Å². The van der Waals surface area contributed by atoms with Gasteiger partial charge in [0.2, 0.25) is 0 Å². The highest BCUT2D eigenvalue weighted by molar-refractivity contribution is 8.30. The molecule has 0 N–H and O–H groups in total. The van der Waals surface area contributed by atoms with E-state index in [0.29, 0.717) is 43.4 Å². The van der Waals surface area contributed by atoms with Crippen LogP contribution in [-0.4, -0.2) is 52.8 Å². The summed E-state index contributed by atoms with van der Waals surface area (Å²) in [6.07, 6.45) is 5.33. The van der Waals surface area contributed by atoms with Crippen molar-refractivity contribution in [2.45, 2.75) is 44.9 Å². The number of thiazole rings is 1. The molecule has 41 heavy (non-hydrogen) atoms. The summed E-state index contributed by atoms with van der Waals surface area (Å²) in [6, 6.07) is 15.5. The average molecular weight is 607 g/mol. The second kappa shape index (κ2) is 11.1. The number of fused-ring (bicyclic) bond motifs is 3. The summed E-state index contributed by atoms with van der Waals surface area (Å²) in [5.74, 6) is 0.200. The molecule has 0 radical (unpaired) electrons. The number of nitrogens with zero attached hydrogens (tertiary/aromatic N) is 4. The molecular formula is C30H30N4O4S3. The third-order valence-electron chi connectivity index (χ3n) is 8.00. The highest BCUT2D eigenvalue weighted by Crippen LogP contribution is 2.52. The topological polar surface area (TPSA) is 75.1 Å². The van der Waals surface area contributed by atoms with E-state index >= 15 is 0 Å². The summed E-state index contributed by atoms with van der Waals surface area (Å²) in [5.41, 5.74) is 5.50. The van der Waals surface area contributed by atoms with E-state index in [2.05, 4.69) is 46.2 Å². The summed E-state index contributed by atoms with van der Waals surface area (Å²) < 4.78 is 7.65. The maximum Gasteiger partial charge on any atom is 0.294 e. The fourth-order valence-corrected chi connectivity index (χ4v) is 8.70. The number of anilines is 3. The van der Waals surface area contributed by atoms with E-state index in [1.807, 2.05) is 33.2 Å². The highest BCUT2D eigenvalue weighted by atomic mass is 32.2. The number of ether oxygens (including phenoxy) is 1. The van der Waals surface area contributed by atoms with Crippen LogP contribution in [0.1, 0.15) is 43.2 Å². The molecule has 1 amide bonds. The smallest absolute Gasteiger partial charge is 0.294 e. The maximum atomic E-state index is 13.5. The zero-order valence-corrected chi connectivity index (χ0v) is 25.5. The second-order valence-electron chi connectivity index (χ2n) is 10.5. The quantitative estimate of drug-likeness (QED) is 0.298. The minimum Gasteiger partial charge on any atom is -0.446 e. The third kappa shape index (κ3) is 4.79. The van der Waals surface area contributed by atoms with Crippen LogP contribution < -0.4 is 24.6 Å². The maximum absolute atomic E-state index is 13.5. The van der Waals surface area contributed by atoms with Crippen molar-refractivity contribution >= 4 is 80.1 Å². The van der Waals surface area contributed by atoms with Crippen molar-refractivity contribution in [2.24, 2.45) is 0 Å². The fraction of sp³-hybridized carbons (Fsp3) is 0.333. The first-order valence-corrected chi connectivity index (χ1v) is 15.6. The SMILES string of the molecule is CCN1C(=O)/C(=c2/s/c(=C/c3ccc4c(c3)C3CCCC3N4c3ccc(N(C)C)cc3)c(=O)n2COC=O)SC1=S. The molecule has 2 unspecified atom stereocenters. The van der Waals surface area contributed by atoms with Gasteiger partial charge in [-0.25, -0.2) is 0 Å². The fourth-order valence-electron chi connectivity index (χ4n) is 6.07. The number of rotatable bonds is 7. The third-order valence-corrected chi connectivity index (χ3v) is 10.7. The molecule has 3 heterocycles. The molecule has 1 saturated carbocycles. The number of hydrogen-bond acceptors (Lipinski definition) is 9. The Balaban J connectivity index is 1.43. The number of amides is 1. The van der Waals surface area contributed by atoms with Crippen molar-refractivity contribution in [3.05, 3.63) is 73.1 Å². The molecule has 3 aromatic rings. The van der Waals surface area contributed by atoms with Gasteiger partial charge in [-0.05, 0) is 73.4 Å². The largest absolute Gasteiger partial charge is 0.446 e. The van der Waals surface area contributed by atoms with Crippen molar-refractivity contribution in [1.29, 1.82) is 0 Å². The first-order chi connectivity index (χ1) is 19.8. The minimum atomic E-state index is -0.310. The van der Waals surface area contributed by atoms with Gasteiger partial charge in [-0.1, -0.05) is 36.5 Å². The van der Waals surface area contributed by atoms with Crippen LogP contribution in [-0.2, 0) is 21.1 Å². The summed E-state index contributed by atoms with van der Waals surface area (Å²) in [6.45, 7) is 2.33. The zero-order valence-electron chi connectivity index (χ0n) is 23.0. The average Bonchev–Trinajstić information content (AvgIpc) is 3.70. The normalized spacial score (nSPS) is 21.5. The molecule has 212 valence electrons. The molecule has 2 aliphatic heterocycles. The first-order valence-electron chi connectivity index (χ1n) is 13.6. The Bertz CT molecular complexity index is 1730. The lowest BCUT2D eigenvalue weighted by atomic mass is 9.96. The molecule has 1 aliphatic carbocycles. The van der Waals surface area contributed by atoms with Crippen LogP contribution in [0.5, 0.6) is 0 Å². The lowest BCUT2D eigenvalue weighted by molar-refractivity contribution is -0.132. The summed E-state index contributed by atoms with van der Waals surface area (Å²) in [5, 5.41) is 0. The number of benzene rings is 2. The monoisotopic (exact) mass is 606 g/mol. The molecule has 0 spiro atoms. The molecule has 2 fully saturated rings.